The molecule has 1 N–H and O–H groups in total. The molecule has 0 unspecified atom stereocenters. The molecule has 2 heterocycles. The highest BCUT2D eigenvalue weighted by Gasteiger charge is 2.18. The number of carbonyl (C=O) groups excluding carboxylic acids is 1. The number of carbonyl (C=O) groups is 1. The first-order valence-corrected chi connectivity index (χ1v) is 8.98. The summed E-state index contributed by atoms with van der Waals surface area (Å²) in [7, 11) is 0. The molecule has 0 spiro atoms. The fraction of sp³-hybridized carbons (Fsp3) is 0. The summed E-state index contributed by atoms with van der Waals surface area (Å²) in [5, 5.41) is 10.3. The molecule has 0 radical (unpaired) electrons. The minimum absolute atomic E-state index is 0.0556. The van der Waals surface area contributed by atoms with Gasteiger partial charge in [0.1, 0.15) is 10.6 Å². The number of fused-ring (bicyclic) bond motifs is 1. The summed E-state index contributed by atoms with van der Waals surface area (Å²) in [4.78, 5) is 18.8. The second kappa shape index (κ2) is 6.94. The average Bonchev–Trinajstić information content (AvgIpc) is 3.07. The Morgan fingerprint density at radius 3 is 2.50 bits per heavy atom. The highest BCUT2D eigenvalue weighted by atomic mass is 32.1. The maximum atomic E-state index is 12.9. The van der Waals surface area contributed by atoms with Crippen molar-refractivity contribution >= 4 is 33.4 Å². The van der Waals surface area contributed by atoms with Crippen LogP contribution in [0.4, 0.5) is 0 Å². The monoisotopic (exact) mass is 357 g/mol. The van der Waals surface area contributed by atoms with Gasteiger partial charge < -0.3 is 5.11 Å². The van der Waals surface area contributed by atoms with Crippen LogP contribution >= 0.6 is 11.3 Å². The van der Waals surface area contributed by atoms with Gasteiger partial charge in [-0.2, -0.15) is 0 Å². The molecule has 0 amide bonds. The first kappa shape index (κ1) is 16.2. The van der Waals surface area contributed by atoms with E-state index in [1.165, 1.54) is 11.3 Å². The number of hydrogen-bond acceptors (Lipinski definition) is 4. The van der Waals surface area contributed by atoms with Crippen LogP contribution in [0.25, 0.3) is 27.4 Å². The third-order valence-corrected chi connectivity index (χ3v) is 5.20. The molecule has 0 aliphatic carbocycles. The largest absolute Gasteiger partial charge is 0.508 e. The Morgan fingerprint density at radius 1 is 0.962 bits per heavy atom. The fourth-order valence-electron chi connectivity index (χ4n) is 2.83. The van der Waals surface area contributed by atoms with Crippen LogP contribution in [0.3, 0.4) is 0 Å². The summed E-state index contributed by atoms with van der Waals surface area (Å²) < 4.78 is 0. The quantitative estimate of drug-likeness (QED) is 0.384. The predicted octanol–water partition coefficient (Wildman–Crippen LogP) is 5.57. The van der Waals surface area contributed by atoms with Crippen molar-refractivity contribution in [2.24, 2.45) is 0 Å². The maximum absolute atomic E-state index is 12.9. The molecule has 0 bridgehead atoms. The Kier molecular flexibility index (Phi) is 4.33. The van der Waals surface area contributed by atoms with Crippen LogP contribution in [0.1, 0.15) is 15.2 Å². The molecule has 0 atom stereocenters. The average molecular weight is 357 g/mol. The van der Waals surface area contributed by atoms with Gasteiger partial charge in [-0.25, -0.2) is 4.98 Å². The Labute approximate surface area is 154 Å². The fourth-order valence-corrected chi connectivity index (χ4v) is 3.92. The first-order chi connectivity index (χ1) is 12.7. The van der Waals surface area contributed by atoms with Gasteiger partial charge in [0, 0.05) is 17.1 Å². The van der Waals surface area contributed by atoms with Crippen LogP contribution in [0.15, 0.2) is 79.0 Å². The van der Waals surface area contributed by atoms with Gasteiger partial charge in [-0.1, -0.05) is 48.5 Å². The van der Waals surface area contributed by atoms with Crippen molar-refractivity contribution in [1.82, 2.24) is 4.98 Å². The Morgan fingerprint density at radius 2 is 1.73 bits per heavy atom. The van der Waals surface area contributed by atoms with Gasteiger partial charge in [0.15, 0.2) is 5.78 Å². The number of phenols is 1. The zero-order valence-electron chi connectivity index (χ0n) is 13.8. The lowest BCUT2D eigenvalue weighted by atomic mass is 10.0. The Balaban J connectivity index is 1.78. The van der Waals surface area contributed by atoms with E-state index in [1.807, 2.05) is 42.5 Å². The third kappa shape index (κ3) is 3.15. The maximum Gasteiger partial charge on any atom is 0.196 e. The zero-order chi connectivity index (χ0) is 17.9. The van der Waals surface area contributed by atoms with E-state index in [4.69, 9.17) is 0 Å². The number of aromatic hydroxyl groups is 1. The lowest BCUT2D eigenvalue weighted by Gasteiger charge is -2.02. The summed E-state index contributed by atoms with van der Waals surface area (Å²) in [6.07, 6.45) is 5.08. The minimum atomic E-state index is -0.0556. The van der Waals surface area contributed by atoms with Crippen molar-refractivity contribution in [3.8, 4) is 16.9 Å². The van der Waals surface area contributed by atoms with Crippen molar-refractivity contribution < 1.29 is 9.90 Å². The number of pyridine rings is 1. The molecule has 4 rings (SSSR count). The molecule has 0 saturated carbocycles. The van der Waals surface area contributed by atoms with Crippen LogP contribution < -0.4 is 0 Å². The Hall–Kier alpha value is -3.24. The molecular weight excluding hydrogens is 342 g/mol. The second-order valence-corrected chi connectivity index (χ2v) is 6.82. The standard InChI is InChI=1S/C22H15NO2S/c24-17-11-8-15(9-12-17)10-13-19(25)21-20(16-5-2-1-3-6-16)18-7-4-14-23-22(18)26-21/h1-14,24H. The highest BCUT2D eigenvalue weighted by molar-refractivity contribution is 7.21. The van der Waals surface area contributed by atoms with Crippen molar-refractivity contribution in [1.29, 1.82) is 0 Å². The molecule has 2 aromatic heterocycles. The molecule has 0 fully saturated rings. The van der Waals surface area contributed by atoms with Crippen LogP contribution in [0.5, 0.6) is 5.75 Å². The van der Waals surface area contributed by atoms with Crippen LogP contribution in [-0.2, 0) is 0 Å². The summed E-state index contributed by atoms with van der Waals surface area (Å²) in [5.74, 6) is 0.148. The number of thiophene rings is 1. The van der Waals surface area contributed by atoms with Crippen LogP contribution in [0.2, 0.25) is 0 Å². The van der Waals surface area contributed by atoms with Gasteiger partial charge >= 0.3 is 0 Å². The van der Waals surface area contributed by atoms with Crippen molar-refractivity contribution in [3.63, 3.8) is 0 Å². The number of nitrogens with zero attached hydrogens (tertiary/aromatic N) is 1. The third-order valence-electron chi connectivity index (χ3n) is 4.07. The lowest BCUT2D eigenvalue weighted by Crippen LogP contribution is -1.93. The van der Waals surface area contributed by atoms with E-state index < -0.39 is 0 Å². The number of allylic oxidation sites excluding steroid dienone is 1. The van der Waals surface area contributed by atoms with Gasteiger partial charge in [-0.05, 0) is 41.5 Å². The number of hydrogen-bond donors (Lipinski definition) is 1. The zero-order valence-corrected chi connectivity index (χ0v) is 14.6. The SMILES string of the molecule is O=C(C=Cc1ccc(O)cc1)c1sc2ncccc2c1-c1ccccc1. The lowest BCUT2D eigenvalue weighted by molar-refractivity contribution is 0.105. The molecule has 4 heteroatoms. The normalized spacial score (nSPS) is 11.2. The van der Waals surface area contributed by atoms with Crippen molar-refractivity contribution in [3.05, 3.63) is 89.4 Å². The van der Waals surface area contributed by atoms with Crippen molar-refractivity contribution in [2.75, 3.05) is 0 Å². The molecule has 3 nitrogen and oxygen atoms in total. The molecule has 0 saturated heterocycles. The van der Waals surface area contributed by atoms with E-state index in [2.05, 4.69) is 4.98 Å². The summed E-state index contributed by atoms with van der Waals surface area (Å²) in [6, 6.07) is 20.5. The first-order valence-electron chi connectivity index (χ1n) is 8.17. The van der Waals surface area contributed by atoms with E-state index in [0.717, 1.165) is 26.9 Å². The van der Waals surface area contributed by atoms with E-state index >= 15 is 0 Å². The van der Waals surface area contributed by atoms with E-state index in [-0.39, 0.29) is 11.5 Å². The number of aromatic nitrogens is 1. The molecule has 0 aliphatic heterocycles. The predicted molar refractivity (Wildman–Crippen MR) is 107 cm³/mol. The molecule has 4 aromatic rings. The van der Waals surface area contributed by atoms with E-state index in [0.29, 0.717) is 4.88 Å². The number of benzene rings is 2. The van der Waals surface area contributed by atoms with Gasteiger partial charge in [0.2, 0.25) is 0 Å². The highest BCUT2D eigenvalue weighted by Crippen LogP contribution is 2.38. The molecule has 2 aromatic carbocycles. The second-order valence-electron chi connectivity index (χ2n) is 5.82. The van der Waals surface area contributed by atoms with Crippen LogP contribution in [-0.4, -0.2) is 15.9 Å². The van der Waals surface area contributed by atoms with Gasteiger partial charge in [-0.3, -0.25) is 4.79 Å². The van der Waals surface area contributed by atoms with Crippen LogP contribution in [0, 0.1) is 0 Å². The smallest absolute Gasteiger partial charge is 0.196 e. The molecular formula is C22H15NO2S. The minimum Gasteiger partial charge on any atom is -0.508 e. The summed E-state index contributed by atoms with van der Waals surface area (Å²) in [5.41, 5.74) is 2.80. The van der Waals surface area contributed by atoms with Crippen molar-refractivity contribution in [2.45, 2.75) is 0 Å². The van der Waals surface area contributed by atoms with Gasteiger partial charge in [0.05, 0.1) is 4.88 Å². The number of rotatable bonds is 4. The molecule has 26 heavy (non-hydrogen) atoms. The molecule has 0 aliphatic rings. The number of phenolic OH excluding ortho intramolecular Hbond substituents is 1. The summed E-state index contributed by atoms with van der Waals surface area (Å²) >= 11 is 1.41. The number of ketones is 1. The van der Waals surface area contributed by atoms with Gasteiger partial charge in [0.25, 0.3) is 0 Å². The van der Waals surface area contributed by atoms with Gasteiger partial charge in [-0.15, -0.1) is 11.3 Å². The topological polar surface area (TPSA) is 50.2 Å². The summed E-state index contributed by atoms with van der Waals surface area (Å²) in [6.45, 7) is 0. The Bertz CT molecular complexity index is 1100. The van der Waals surface area contributed by atoms with E-state index in [1.54, 1.807) is 42.6 Å². The molecule has 126 valence electrons. The van der Waals surface area contributed by atoms with E-state index in [9.17, 15) is 9.90 Å².